The Labute approximate surface area is 246 Å². The second kappa shape index (κ2) is 16.1. The van der Waals surface area contributed by atoms with Crippen molar-refractivity contribution in [2.75, 3.05) is 7.11 Å². The van der Waals surface area contributed by atoms with Crippen molar-refractivity contribution >= 4 is 53.4 Å². The Balaban J connectivity index is 2.39. The van der Waals surface area contributed by atoms with Crippen molar-refractivity contribution in [2.24, 2.45) is 0 Å². The van der Waals surface area contributed by atoms with Gasteiger partial charge in [0.1, 0.15) is 0 Å². The van der Waals surface area contributed by atoms with E-state index in [1.54, 1.807) is 0 Å². The Bertz CT molecular complexity index is 1110. The summed E-state index contributed by atoms with van der Waals surface area (Å²) in [5.41, 5.74) is 0.310. The van der Waals surface area contributed by atoms with Gasteiger partial charge >= 0.3 is 248 Å². The number of hydrogen-bond donors (Lipinski definition) is 0. The average Bonchev–Trinajstić information content (AvgIpc) is 3.02. The zero-order valence-corrected chi connectivity index (χ0v) is 28.7. The molecule has 3 aromatic rings. The Hall–Kier alpha value is -2.44. The van der Waals surface area contributed by atoms with Gasteiger partial charge in [-0.2, -0.15) is 0 Å². The number of ether oxygens (including phenoxy) is 1. The average molecular weight is 662 g/mol. The van der Waals surface area contributed by atoms with E-state index in [0.29, 0.717) is 5.57 Å². The Morgan fingerprint density at radius 1 is 0.650 bits per heavy atom. The summed E-state index contributed by atoms with van der Waals surface area (Å²) in [6, 6.07) is 30.4. The SMILES string of the molecule is CCC[CH2][Sn](/[CH]=C(\C(=O)OC)C(=O)[Si](c1ccccc1)(c1ccccc1)c1ccccc1)([CH2]CCC)[CH2]CCC. The molecule has 0 unspecified atom stereocenters. The van der Waals surface area contributed by atoms with Crippen LogP contribution in [0.1, 0.15) is 59.3 Å². The molecule has 0 spiro atoms. The predicted octanol–water partition coefficient (Wildman–Crippen LogP) is 6.75. The van der Waals surface area contributed by atoms with Gasteiger partial charge < -0.3 is 0 Å². The van der Waals surface area contributed by atoms with Crippen LogP contribution in [0.2, 0.25) is 13.3 Å². The molecular weight excluding hydrogens is 615 g/mol. The first-order valence-corrected chi connectivity index (χ1v) is 24.7. The van der Waals surface area contributed by atoms with E-state index in [0.717, 1.165) is 54.1 Å². The van der Waals surface area contributed by atoms with Crippen molar-refractivity contribution in [1.29, 1.82) is 0 Å². The summed E-state index contributed by atoms with van der Waals surface area (Å²) in [6.45, 7) is 6.72. The third-order valence-corrected chi connectivity index (χ3v) is 26.8. The summed E-state index contributed by atoms with van der Waals surface area (Å²) in [7, 11) is -1.92. The normalized spacial score (nSPS) is 12.2. The Kier molecular flexibility index (Phi) is 12.9. The van der Waals surface area contributed by atoms with E-state index < -0.39 is 32.4 Å². The Morgan fingerprint density at radius 3 is 1.30 bits per heavy atom. The topological polar surface area (TPSA) is 43.4 Å². The summed E-state index contributed by atoms with van der Waals surface area (Å²) in [6.07, 6.45) is 6.85. The first-order chi connectivity index (χ1) is 19.5. The van der Waals surface area contributed by atoms with Gasteiger partial charge in [-0.3, -0.25) is 0 Å². The molecule has 5 heteroatoms. The minimum absolute atomic E-state index is 0.0477. The van der Waals surface area contributed by atoms with Gasteiger partial charge in [-0.15, -0.1) is 0 Å². The van der Waals surface area contributed by atoms with Crippen molar-refractivity contribution in [3.8, 4) is 0 Å². The van der Waals surface area contributed by atoms with Crippen LogP contribution in [0.3, 0.4) is 0 Å². The molecule has 3 rings (SSSR count). The third-order valence-electron chi connectivity index (χ3n) is 8.15. The molecule has 40 heavy (non-hydrogen) atoms. The van der Waals surface area contributed by atoms with Crippen molar-refractivity contribution in [1.82, 2.24) is 0 Å². The second-order valence-electron chi connectivity index (χ2n) is 10.9. The predicted molar refractivity (Wildman–Crippen MR) is 174 cm³/mol. The van der Waals surface area contributed by atoms with Gasteiger partial charge in [0.15, 0.2) is 0 Å². The van der Waals surface area contributed by atoms with E-state index in [4.69, 9.17) is 4.74 Å². The van der Waals surface area contributed by atoms with E-state index in [1.807, 2.05) is 54.6 Å². The fourth-order valence-corrected chi connectivity index (χ4v) is 25.7. The van der Waals surface area contributed by atoms with Crippen LogP contribution in [0.4, 0.5) is 0 Å². The molecule has 0 aliphatic heterocycles. The van der Waals surface area contributed by atoms with Crippen LogP contribution in [0.25, 0.3) is 0 Å². The van der Waals surface area contributed by atoms with Crippen LogP contribution >= 0.6 is 0 Å². The zero-order valence-electron chi connectivity index (χ0n) is 24.8. The molecular formula is C35H46O3SiSn. The van der Waals surface area contributed by atoms with Crippen molar-refractivity contribution in [3.05, 3.63) is 101 Å². The van der Waals surface area contributed by atoms with Crippen molar-refractivity contribution in [3.63, 3.8) is 0 Å². The van der Waals surface area contributed by atoms with Crippen LogP contribution < -0.4 is 15.6 Å². The number of carbonyl (C=O) groups excluding carboxylic acids is 2. The number of esters is 1. The fourth-order valence-electron chi connectivity index (χ4n) is 5.97. The zero-order chi connectivity index (χ0) is 28.8. The fraction of sp³-hybridized carbons (Fsp3) is 0.371. The van der Waals surface area contributed by atoms with Gasteiger partial charge in [-0.25, -0.2) is 0 Å². The van der Waals surface area contributed by atoms with Gasteiger partial charge in [-0.05, 0) is 0 Å². The molecule has 0 saturated heterocycles. The van der Waals surface area contributed by atoms with E-state index in [2.05, 4.69) is 61.3 Å². The molecule has 0 N–H and O–H groups in total. The maximum absolute atomic E-state index is 15.4. The summed E-state index contributed by atoms with van der Waals surface area (Å²) in [5, 5.41) is 2.92. The van der Waals surface area contributed by atoms with Crippen LogP contribution in [0, 0.1) is 0 Å². The molecule has 0 heterocycles. The molecule has 0 radical (unpaired) electrons. The number of hydrogen-bond acceptors (Lipinski definition) is 3. The standard InChI is InChI=1S/C23H19O3Si.3C4H9.Sn/c1-18(22(24)26-2)23(25)27(19-12-6-3-7-13-19,20-14-8-4-9-15-20)21-16-10-5-11-17-21;3*1-3-4-2;/h1,3-17H,2H3;3*1,3-4H2,2H3;. The molecule has 0 bridgehead atoms. The molecule has 0 aliphatic carbocycles. The molecule has 212 valence electrons. The monoisotopic (exact) mass is 662 g/mol. The quantitative estimate of drug-likeness (QED) is 0.0426. The molecule has 3 aromatic carbocycles. The molecule has 3 nitrogen and oxygen atoms in total. The maximum atomic E-state index is 15.4. The van der Waals surface area contributed by atoms with E-state index in [-0.39, 0.29) is 5.41 Å². The molecule has 0 fully saturated rings. The van der Waals surface area contributed by atoms with Gasteiger partial charge in [-0.1, -0.05) is 0 Å². The van der Waals surface area contributed by atoms with Crippen LogP contribution in [-0.4, -0.2) is 44.9 Å². The van der Waals surface area contributed by atoms with Gasteiger partial charge in [0.25, 0.3) is 0 Å². The number of rotatable bonds is 16. The summed E-state index contributed by atoms with van der Waals surface area (Å²) in [4.78, 5) is 29.1. The van der Waals surface area contributed by atoms with Gasteiger partial charge in [0, 0.05) is 0 Å². The number of carbonyl (C=O) groups is 2. The summed E-state index contributed by atoms with van der Waals surface area (Å²) >= 11 is -3.07. The number of methoxy groups -OCH3 is 1. The molecule has 0 amide bonds. The van der Waals surface area contributed by atoms with Crippen molar-refractivity contribution in [2.45, 2.75) is 72.6 Å². The molecule has 0 saturated carbocycles. The van der Waals surface area contributed by atoms with E-state index in [1.165, 1.54) is 20.4 Å². The molecule has 0 aromatic heterocycles. The first kappa shape index (κ1) is 32.1. The van der Waals surface area contributed by atoms with Gasteiger partial charge in [0.2, 0.25) is 0 Å². The van der Waals surface area contributed by atoms with Crippen LogP contribution in [0.5, 0.6) is 0 Å². The first-order valence-electron chi connectivity index (χ1n) is 15.0. The van der Waals surface area contributed by atoms with Crippen LogP contribution in [0.15, 0.2) is 101 Å². The summed E-state index contributed by atoms with van der Waals surface area (Å²) in [5.74, 6) is -0.477. The molecule has 0 atom stereocenters. The van der Waals surface area contributed by atoms with E-state index in [9.17, 15) is 4.79 Å². The Morgan fingerprint density at radius 2 is 1.00 bits per heavy atom. The van der Waals surface area contributed by atoms with Crippen molar-refractivity contribution < 1.29 is 14.3 Å². The van der Waals surface area contributed by atoms with E-state index >= 15 is 4.79 Å². The number of benzene rings is 3. The van der Waals surface area contributed by atoms with Gasteiger partial charge in [0.05, 0.1) is 0 Å². The molecule has 0 aliphatic rings. The minimum atomic E-state index is -3.34. The number of unbranched alkanes of at least 4 members (excludes halogenated alkanes) is 3. The third kappa shape index (κ3) is 7.44. The van der Waals surface area contributed by atoms with Crippen LogP contribution in [-0.2, 0) is 14.3 Å². The summed E-state index contributed by atoms with van der Waals surface area (Å²) < 4.78 is 11.2. The second-order valence-corrected chi connectivity index (χ2v) is 27.5.